The maximum Gasteiger partial charge on any atom is 0.0378 e. The summed E-state index contributed by atoms with van der Waals surface area (Å²) < 4.78 is 1.11. The maximum atomic E-state index is 5.96. The number of hydrogen-bond donors (Lipinski definition) is 1. The van der Waals surface area contributed by atoms with Crippen LogP contribution in [0.4, 0.5) is 5.69 Å². The van der Waals surface area contributed by atoms with Gasteiger partial charge in [0, 0.05) is 41.4 Å². The molecule has 1 fully saturated rings. The van der Waals surface area contributed by atoms with E-state index >= 15 is 0 Å². The average Bonchev–Trinajstić information content (AvgIpc) is 2.34. The first-order valence-corrected chi connectivity index (χ1v) is 7.71. The van der Waals surface area contributed by atoms with Crippen LogP contribution in [-0.4, -0.2) is 37.1 Å². The molecule has 2 unspecified atom stereocenters. The highest BCUT2D eigenvalue weighted by molar-refractivity contribution is 9.10. The van der Waals surface area contributed by atoms with Crippen molar-refractivity contribution in [1.82, 2.24) is 4.90 Å². The van der Waals surface area contributed by atoms with E-state index in [4.69, 9.17) is 5.73 Å². The first-order chi connectivity index (χ1) is 8.90. The minimum atomic E-state index is 0.0637. The van der Waals surface area contributed by atoms with Crippen LogP contribution in [0.1, 0.15) is 32.4 Å². The number of rotatable bonds is 2. The molecule has 1 aliphatic heterocycles. The Bertz CT molecular complexity index is 435. The summed E-state index contributed by atoms with van der Waals surface area (Å²) in [7, 11) is 2.21. The molecule has 0 aromatic heterocycles. The molecule has 0 aliphatic carbocycles. The van der Waals surface area contributed by atoms with E-state index in [9.17, 15) is 0 Å². The molecule has 1 aliphatic rings. The van der Waals surface area contributed by atoms with Crippen LogP contribution in [0.15, 0.2) is 22.7 Å². The van der Waals surface area contributed by atoms with Gasteiger partial charge in [-0.15, -0.1) is 0 Å². The van der Waals surface area contributed by atoms with Gasteiger partial charge in [0.25, 0.3) is 0 Å². The Morgan fingerprint density at radius 2 is 1.84 bits per heavy atom. The summed E-state index contributed by atoms with van der Waals surface area (Å²) in [6.07, 6.45) is 0. The van der Waals surface area contributed by atoms with Crippen LogP contribution < -0.4 is 10.6 Å². The van der Waals surface area contributed by atoms with Gasteiger partial charge in [-0.3, -0.25) is 4.90 Å². The van der Waals surface area contributed by atoms with Crippen LogP contribution in [-0.2, 0) is 0 Å². The molecule has 0 amide bonds. The Morgan fingerprint density at radius 1 is 1.26 bits per heavy atom. The fraction of sp³-hybridized carbons (Fsp3) is 0.600. The third-order valence-corrected chi connectivity index (χ3v) is 4.89. The van der Waals surface area contributed by atoms with E-state index in [0.717, 1.165) is 17.6 Å². The van der Waals surface area contributed by atoms with Gasteiger partial charge < -0.3 is 10.6 Å². The van der Waals surface area contributed by atoms with E-state index in [0.29, 0.717) is 12.1 Å². The van der Waals surface area contributed by atoms with Gasteiger partial charge in [-0.25, -0.2) is 0 Å². The summed E-state index contributed by atoms with van der Waals surface area (Å²) in [4.78, 5) is 4.91. The Kier molecular flexibility index (Phi) is 4.54. The Hall–Kier alpha value is -0.580. The van der Waals surface area contributed by atoms with Crippen LogP contribution >= 0.6 is 15.9 Å². The second-order valence-electron chi connectivity index (χ2n) is 5.76. The van der Waals surface area contributed by atoms with Gasteiger partial charge >= 0.3 is 0 Å². The van der Waals surface area contributed by atoms with Crippen molar-refractivity contribution in [3.8, 4) is 0 Å². The number of anilines is 1. The lowest BCUT2D eigenvalue weighted by molar-refractivity contribution is 0.170. The number of halogens is 1. The first kappa shape index (κ1) is 14.8. The largest absolute Gasteiger partial charge is 0.368 e. The number of nitrogens with zero attached hydrogens (tertiary/aromatic N) is 2. The third-order valence-electron chi connectivity index (χ3n) is 4.20. The summed E-state index contributed by atoms with van der Waals surface area (Å²) >= 11 is 3.64. The Labute approximate surface area is 124 Å². The van der Waals surface area contributed by atoms with Crippen LogP contribution in [0.3, 0.4) is 0 Å². The summed E-state index contributed by atoms with van der Waals surface area (Å²) in [6.45, 7) is 8.73. The zero-order valence-corrected chi connectivity index (χ0v) is 13.8. The van der Waals surface area contributed by atoms with Gasteiger partial charge in [0.2, 0.25) is 0 Å². The summed E-state index contributed by atoms with van der Waals surface area (Å²) in [5, 5.41) is 0. The molecular formula is C15H24BrN3. The number of benzene rings is 1. The molecule has 1 saturated heterocycles. The fourth-order valence-corrected chi connectivity index (χ4v) is 3.43. The minimum absolute atomic E-state index is 0.0637. The van der Waals surface area contributed by atoms with Crippen LogP contribution in [0.2, 0.25) is 0 Å². The Morgan fingerprint density at radius 3 is 2.32 bits per heavy atom. The second kappa shape index (κ2) is 5.81. The maximum absolute atomic E-state index is 5.96. The number of likely N-dealkylation sites (N-methyl/N-ethyl adjacent to an activating group) is 1. The van der Waals surface area contributed by atoms with Crippen LogP contribution in [0.5, 0.6) is 0 Å². The molecule has 2 rings (SSSR count). The molecule has 3 nitrogen and oxygen atoms in total. The lowest BCUT2D eigenvalue weighted by Gasteiger charge is -2.43. The van der Waals surface area contributed by atoms with Gasteiger partial charge in [0.15, 0.2) is 0 Å². The number of piperazine rings is 1. The van der Waals surface area contributed by atoms with E-state index in [2.05, 4.69) is 64.8 Å². The molecule has 0 saturated carbocycles. The Balaban J connectivity index is 2.21. The highest BCUT2D eigenvalue weighted by Gasteiger charge is 2.26. The van der Waals surface area contributed by atoms with Gasteiger partial charge in [-0.1, -0.05) is 22.0 Å². The van der Waals surface area contributed by atoms with Crippen LogP contribution in [0.25, 0.3) is 0 Å². The summed E-state index contributed by atoms with van der Waals surface area (Å²) in [5.74, 6) is 0. The molecular weight excluding hydrogens is 302 g/mol. The van der Waals surface area contributed by atoms with Crippen molar-refractivity contribution in [3.63, 3.8) is 0 Å². The molecule has 3 atom stereocenters. The second-order valence-corrected chi connectivity index (χ2v) is 6.62. The predicted octanol–water partition coefficient (Wildman–Crippen LogP) is 3.00. The van der Waals surface area contributed by atoms with E-state index in [1.54, 1.807) is 0 Å². The molecule has 2 N–H and O–H groups in total. The van der Waals surface area contributed by atoms with Crippen molar-refractivity contribution >= 4 is 21.6 Å². The molecule has 1 aromatic rings. The van der Waals surface area contributed by atoms with Gasteiger partial charge in [0.05, 0.1) is 0 Å². The van der Waals surface area contributed by atoms with E-state index in [-0.39, 0.29) is 6.04 Å². The predicted molar refractivity (Wildman–Crippen MR) is 85.6 cm³/mol. The fourth-order valence-electron chi connectivity index (χ4n) is 2.70. The van der Waals surface area contributed by atoms with Crippen molar-refractivity contribution < 1.29 is 0 Å². The van der Waals surface area contributed by atoms with Gasteiger partial charge in [-0.05, 0) is 45.5 Å². The molecule has 0 spiro atoms. The highest BCUT2D eigenvalue weighted by atomic mass is 79.9. The monoisotopic (exact) mass is 325 g/mol. The topological polar surface area (TPSA) is 32.5 Å². The normalized spacial score (nSPS) is 26.5. The third kappa shape index (κ3) is 3.12. The van der Waals surface area contributed by atoms with Crippen molar-refractivity contribution in [2.45, 2.75) is 38.9 Å². The van der Waals surface area contributed by atoms with Crippen molar-refractivity contribution in [3.05, 3.63) is 28.2 Å². The molecule has 106 valence electrons. The standard InChI is InChI=1S/C15H24BrN3/c1-10-8-19(9-11(2)18(10)4)13-5-6-14(12(3)17)15(16)7-13/h5-7,10-12H,8-9,17H2,1-4H3/t10?,11?,12-/m0/s1. The van der Waals surface area contributed by atoms with Crippen molar-refractivity contribution in [1.29, 1.82) is 0 Å². The van der Waals surface area contributed by atoms with Crippen molar-refractivity contribution in [2.75, 3.05) is 25.0 Å². The van der Waals surface area contributed by atoms with Gasteiger partial charge in [0.1, 0.15) is 0 Å². The van der Waals surface area contributed by atoms with E-state index in [1.165, 1.54) is 11.3 Å². The zero-order chi connectivity index (χ0) is 14.2. The molecule has 19 heavy (non-hydrogen) atoms. The van der Waals surface area contributed by atoms with Gasteiger partial charge in [-0.2, -0.15) is 0 Å². The molecule has 0 radical (unpaired) electrons. The highest BCUT2D eigenvalue weighted by Crippen LogP contribution is 2.29. The van der Waals surface area contributed by atoms with Crippen molar-refractivity contribution in [2.24, 2.45) is 5.73 Å². The summed E-state index contributed by atoms with van der Waals surface area (Å²) in [6, 6.07) is 7.75. The molecule has 0 bridgehead atoms. The zero-order valence-electron chi connectivity index (χ0n) is 12.2. The lowest BCUT2D eigenvalue weighted by atomic mass is 10.1. The smallest absolute Gasteiger partial charge is 0.0378 e. The number of hydrogen-bond acceptors (Lipinski definition) is 3. The summed E-state index contributed by atoms with van der Waals surface area (Å²) in [5.41, 5.74) is 8.40. The number of nitrogens with two attached hydrogens (primary N) is 1. The van der Waals surface area contributed by atoms with Crippen LogP contribution in [0, 0.1) is 0 Å². The SMILES string of the molecule is CC1CN(c2ccc([C@H](C)N)c(Br)c2)CC(C)N1C. The van der Waals surface area contributed by atoms with E-state index < -0.39 is 0 Å². The molecule has 4 heteroatoms. The lowest BCUT2D eigenvalue weighted by Crippen LogP contribution is -2.55. The first-order valence-electron chi connectivity index (χ1n) is 6.92. The molecule has 1 aromatic carbocycles. The molecule has 1 heterocycles. The minimum Gasteiger partial charge on any atom is -0.368 e. The average molecular weight is 326 g/mol. The van der Waals surface area contributed by atoms with E-state index in [1.807, 2.05) is 6.92 Å². The quantitative estimate of drug-likeness (QED) is 0.907.